The van der Waals surface area contributed by atoms with Gasteiger partial charge in [0.2, 0.25) is 0 Å². The van der Waals surface area contributed by atoms with Crippen LogP contribution in [0.5, 0.6) is 0 Å². The molecule has 0 heterocycles. The lowest BCUT2D eigenvalue weighted by molar-refractivity contribution is -0.140. The number of carboxylic acid groups (broad SMARTS) is 1. The maximum absolute atomic E-state index is 11.9. The van der Waals surface area contributed by atoms with Gasteiger partial charge in [-0.1, -0.05) is 60.7 Å². The Balaban J connectivity index is 2.25. The summed E-state index contributed by atoms with van der Waals surface area (Å²) in [6.07, 6.45) is 0.607. The molecule has 0 amide bonds. The van der Waals surface area contributed by atoms with Crippen LogP contribution in [0.1, 0.15) is 17.5 Å². The van der Waals surface area contributed by atoms with E-state index in [1.807, 2.05) is 36.4 Å². The third-order valence-corrected chi connectivity index (χ3v) is 5.08. The summed E-state index contributed by atoms with van der Waals surface area (Å²) in [6, 6.07) is 18.4. The fourth-order valence-electron chi connectivity index (χ4n) is 2.45. The Kier molecular flexibility index (Phi) is 5.42. The maximum Gasteiger partial charge on any atom is 0.524 e. The van der Waals surface area contributed by atoms with Gasteiger partial charge in [-0.15, -0.1) is 0 Å². The van der Waals surface area contributed by atoms with Crippen molar-refractivity contribution in [2.45, 2.75) is 24.4 Å². The highest BCUT2D eigenvalue weighted by Crippen LogP contribution is 2.42. The van der Waals surface area contributed by atoms with E-state index in [4.69, 9.17) is 0 Å². The molecule has 0 saturated carbocycles. The van der Waals surface area contributed by atoms with Gasteiger partial charge in [0.25, 0.3) is 5.16 Å². The molecule has 0 spiro atoms. The van der Waals surface area contributed by atoms with Crippen molar-refractivity contribution in [3.63, 3.8) is 0 Å². The zero-order valence-corrected chi connectivity index (χ0v) is 12.9. The van der Waals surface area contributed by atoms with Crippen molar-refractivity contribution in [3.05, 3.63) is 71.8 Å². The van der Waals surface area contributed by atoms with Crippen molar-refractivity contribution < 1.29 is 19.4 Å². The number of hydrogen-bond donors (Lipinski definition) is 2. The number of rotatable bonds is 7. The molecule has 2 unspecified atom stereocenters. The van der Waals surface area contributed by atoms with Crippen LogP contribution in [0.3, 0.4) is 0 Å². The van der Waals surface area contributed by atoms with Crippen LogP contribution in [0.4, 0.5) is 0 Å². The molecule has 2 N–H and O–H groups in total. The Morgan fingerprint density at radius 3 is 1.91 bits per heavy atom. The predicted octanol–water partition coefficient (Wildman–Crippen LogP) is 3.42. The zero-order chi connectivity index (χ0) is 16.0. The van der Waals surface area contributed by atoms with Crippen LogP contribution < -0.4 is 0 Å². The minimum absolute atomic E-state index is 0.0434. The highest BCUT2D eigenvalue weighted by Gasteiger charge is 2.56. The second-order valence-electron chi connectivity index (χ2n) is 5.26. The largest absolute Gasteiger partial charge is 0.524 e. The average Bonchev–Trinajstić information content (AvgIpc) is 2.53. The Morgan fingerprint density at radius 2 is 1.45 bits per heavy atom. The summed E-state index contributed by atoms with van der Waals surface area (Å²) in [6.45, 7) is 0. The van der Waals surface area contributed by atoms with Gasteiger partial charge < -0.3 is 5.11 Å². The van der Waals surface area contributed by atoms with Gasteiger partial charge in [0.15, 0.2) is 0 Å². The van der Waals surface area contributed by atoms with Gasteiger partial charge in [-0.05, 0) is 22.1 Å². The van der Waals surface area contributed by atoms with E-state index in [1.54, 1.807) is 24.3 Å². The summed E-state index contributed by atoms with van der Waals surface area (Å²) < 4.78 is 11.9. The van der Waals surface area contributed by atoms with Gasteiger partial charge in [0.1, 0.15) is 0 Å². The van der Waals surface area contributed by atoms with Crippen molar-refractivity contribution in [1.82, 2.24) is 0 Å². The van der Waals surface area contributed by atoms with E-state index in [0.29, 0.717) is 6.42 Å². The van der Waals surface area contributed by atoms with Crippen molar-refractivity contribution in [1.29, 1.82) is 0 Å². The van der Waals surface area contributed by atoms with E-state index in [0.717, 1.165) is 11.1 Å². The van der Waals surface area contributed by atoms with E-state index in [1.165, 1.54) is 0 Å². The van der Waals surface area contributed by atoms with Crippen molar-refractivity contribution in [2.24, 2.45) is 0 Å². The second kappa shape index (κ2) is 7.30. The van der Waals surface area contributed by atoms with E-state index in [9.17, 15) is 19.4 Å². The zero-order valence-electron chi connectivity index (χ0n) is 12.1. The summed E-state index contributed by atoms with van der Waals surface area (Å²) in [7, 11) is -2.86. The standard InChI is InChI=1S/C17H17O4P/c18-16(19)17(22(20)21,13-15-9-5-2-6-10-15)12-11-14-7-3-1-4-8-14/h1-10H,11-13H2,(H-,18,19,20,21)/p+1. The fourth-order valence-corrected chi connectivity index (χ4v) is 3.23. The lowest BCUT2D eigenvalue weighted by Gasteiger charge is -2.17. The normalized spacial score (nSPS) is 14.1. The molecule has 2 atom stereocenters. The van der Waals surface area contributed by atoms with Crippen LogP contribution in [0, 0.1) is 0 Å². The van der Waals surface area contributed by atoms with Gasteiger partial charge in [-0.3, -0.25) is 0 Å². The number of aliphatic carboxylic acids is 1. The number of benzene rings is 2. The van der Waals surface area contributed by atoms with Gasteiger partial charge in [-0.25, -0.2) is 4.79 Å². The molecule has 114 valence electrons. The Bertz CT molecular complexity index is 626. The molecule has 4 nitrogen and oxygen atoms in total. The highest BCUT2D eigenvalue weighted by molar-refractivity contribution is 7.41. The third-order valence-electron chi connectivity index (χ3n) is 3.77. The number of hydrogen-bond acceptors (Lipinski definition) is 2. The molecule has 0 aliphatic rings. The van der Waals surface area contributed by atoms with Gasteiger partial charge in [-0.2, -0.15) is 4.89 Å². The van der Waals surface area contributed by atoms with Crippen LogP contribution in [-0.4, -0.2) is 21.1 Å². The van der Waals surface area contributed by atoms with Crippen molar-refractivity contribution >= 4 is 14.0 Å². The van der Waals surface area contributed by atoms with Gasteiger partial charge in [0.05, 0.1) is 0 Å². The Morgan fingerprint density at radius 1 is 0.955 bits per heavy atom. The molecule has 0 aliphatic heterocycles. The van der Waals surface area contributed by atoms with Crippen molar-refractivity contribution in [3.8, 4) is 0 Å². The molecule has 0 aromatic heterocycles. The van der Waals surface area contributed by atoms with Crippen LogP contribution in [0.15, 0.2) is 60.7 Å². The summed E-state index contributed by atoms with van der Waals surface area (Å²) >= 11 is 0. The fraction of sp³-hybridized carbons (Fsp3) is 0.235. The second-order valence-corrected chi connectivity index (χ2v) is 6.66. The van der Waals surface area contributed by atoms with E-state index in [-0.39, 0.29) is 12.8 Å². The number of carboxylic acids is 1. The summed E-state index contributed by atoms with van der Waals surface area (Å²) in [5.41, 5.74) is 1.70. The highest BCUT2D eigenvalue weighted by atomic mass is 31.1. The first-order valence-electron chi connectivity index (χ1n) is 7.02. The summed E-state index contributed by atoms with van der Waals surface area (Å²) in [4.78, 5) is 21.4. The molecule has 2 aromatic rings. The topological polar surface area (TPSA) is 74.6 Å². The Labute approximate surface area is 130 Å². The number of aryl methyl sites for hydroxylation is 1. The van der Waals surface area contributed by atoms with Crippen LogP contribution in [0.25, 0.3) is 0 Å². The lowest BCUT2D eigenvalue weighted by Crippen LogP contribution is -2.38. The predicted molar refractivity (Wildman–Crippen MR) is 85.1 cm³/mol. The van der Waals surface area contributed by atoms with Gasteiger partial charge in [0, 0.05) is 12.8 Å². The monoisotopic (exact) mass is 317 g/mol. The molecule has 2 rings (SSSR count). The molecule has 5 heteroatoms. The van der Waals surface area contributed by atoms with Gasteiger partial charge >= 0.3 is 14.0 Å². The van der Waals surface area contributed by atoms with Crippen molar-refractivity contribution in [2.75, 3.05) is 0 Å². The SMILES string of the molecule is O=C(O)C(CCc1ccccc1)(Cc1ccccc1)[P+](=O)O. The van der Waals surface area contributed by atoms with Crippen LogP contribution >= 0.6 is 8.03 Å². The molecule has 0 aliphatic carbocycles. The first kappa shape index (κ1) is 16.3. The molecule has 0 fully saturated rings. The molecule has 22 heavy (non-hydrogen) atoms. The third kappa shape index (κ3) is 3.79. The minimum Gasteiger partial charge on any atom is -0.478 e. The van der Waals surface area contributed by atoms with E-state index in [2.05, 4.69) is 0 Å². The average molecular weight is 317 g/mol. The van der Waals surface area contributed by atoms with Crippen LogP contribution in [0.2, 0.25) is 0 Å². The minimum atomic E-state index is -2.86. The summed E-state index contributed by atoms with van der Waals surface area (Å²) in [5, 5.41) is 7.93. The number of carbonyl (C=O) groups is 1. The summed E-state index contributed by atoms with van der Waals surface area (Å²) in [5.74, 6) is -1.23. The first-order chi connectivity index (χ1) is 10.5. The van der Waals surface area contributed by atoms with E-state index >= 15 is 0 Å². The molecular weight excluding hydrogens is 299 g/mol. The molecule has 2 aromatic carbocycles. The van der Waals surface area contributed by atoms with Crippen LogP contribution in [-0.2, 0) is 22.2 Å². The van der Waals surface area contributed by atoms with E-state index < -0.39 is 19.2 Å². The smallest absolute Gasteiger partial charge is 0.478 e. The molecular formula is C17H18O4P+. The Hall–Kier alpha value is -2.03. The maximum atomic E-state index is 11.9. The molecule has 0 radical (unpaired) electrons. The molecule has 0 bridgehead atoms. The molecule has 0 saturated heterocycles. The lowest BCUT2D eigenvalue weighted by atomic mass is 9.92. The quantitative estimate of drug-likeness (QED) is 0.767. The first-order valence-corrected chi connectivity index (χ1v) is 8.23.